The van der Waals surface area contributed by atoms with Crippen LogP contribution in [0.25, 0.3) is 0 Å². The average Bonchev–Trinajstić information content (AvgIpc) is 2.52. The van der Waals surface area contributed by atoms with Gasteiger partial charge in [0.1, 0.15) is 6.04 Å². The molecule has 4 heteroatoms. The summed E-state index contributed by atoms with van der Waals surface area (Å²) >= 11 is 0. The molecule has 1 fully saturated rings. The van der Waals surface area contributed by atoms with Gasteiger partial charge in [-0.25, -0.2) is 0 Å². The molecule has 0 aromatic rings. The van der Waals surface area contributed by atoms with E-state index in [9.17, 15) is 4.79 Å². The second kappa shape index (κ2) is 6.02. The van der Waals surface area contributed by atoms with Gasteiger partial charge in [-0.15, -0.1) is 0 Å². The quantitative estimate of drug-likeness (QED) is 0.813. The number of hydrogen-bond acceptors (Lipinski definition) is 3. The second-order valence-corrected chi connectivity index (χ2v) is 4.91. The third-order valence-corrected chi connectivity index (χ3v) is 3.59. The average molecular weight is 238 g/mol. The number of carbonyl (C=O) groups excluding carboxylic acids is 1. The SMILES string of the molecule is CCCC(C#N)NC(=O)C1C(C)OC(C)C1C. The van der Waals surface area contributed by atoms with Gasteiger partial charge >= 0.3 is 0 Å². The number of ether oxygens (including phenoxy) is 1. The molecule has 1 aliphatic heterocycles. The van der Waals surface area contributed by atoms with E-state index in [2.05, 4.69) is 11.4 Å². The molecule has 0 spiro atoms. The Labute approximate surface area is 103 Å². The maximum Gasteiger partial charge on any atom is 0.227 e. The van der Waals surface area contributed by atoms with Crippen molar-refractivity contribution in [2.45, 2.75) is 58.8 Å². The lowest BCUT2D eigenvalue weighted by Crippen LogP contribution is -2.42. The van der Waals surface area contributed by atoms with Gasteiger partial charge in [-0.2, -0.15) is 5.26 Å². The fourth-order valence-electron chi connectivity index (χ4n) is 2.44. The molecule has 5 atom stereocenters. The molecule has 0 aromatic carbocycles. The molecule has 1 rings (SSSR count). The Morgan fingerprint density at radius 3 is 2.47 bits per heavy atom. The van der Waals surface area contributed by atoms with Gasteiger partial charge in [0.25, 0.3) is 0 Å². The molecule has 0 bridgehead atoms. The van der Waals surface area contributed by atoms with Crippen molar-refractivity contribution >= 4 is 5.91 Å². The van der Waals surface area contributed by atoms with E-state index in [0.717, 1.165) is 6.42 Å². The molecule has 1 aliphatic rings. The third-order valence-electron chi connectivity index (χ3n) is 3.59. The first-order valence-electron chi connectivity index (χ1n) is 6.36. The first kappa shape index (κ1) is 14.0. The number of nitriles is 1. The van der Waals surface area contributed by atoms with Crippen molar-refractivity contribution in [2.75, 3.05) is 0 Å². The zero-order valence-corrected chi connectivity index (χ0v) is 11.1. The fourth-order valence-corrected chi connectivity index (χ4v) is 2.44. The molecule has 0 aromatic heterocycles. The van der Waals surface area contributed by atoms with Gasteiger partial charge in [0.2, 0.25) is 5.91 Å². The van der Waals surface area contributed by atoms with Gasteiger partial charge in [-0.05, 0) is 26.2 Å². The number of rotatable bonds is 4. The summed E-state index contributed by atoms with van der Waals surface area (Å²) in [6.45, 7) is 7.94. The Morgan fingerprint density at radius 1 is 1.41 bits per heavy atom. The van der Waals surface area contributed by atoms with Gasteiger partial charge in [0, 0.05) is 0 Å². The number of nitrogens with zero attached hydrogens (tertiary/aromatic N) is 1. The van der Waals surface area contributed by atoms with Crippen molar-refractivity contribution in [1.29, 1.82) is 5.26 Å². The van der Waals surface area contributed by atoms with E-state index in [1.165, 1.54) is 0 Å². The van der Waals surface area contributed by atoms with Crippen LogP contribution in [-0.4, -0.2) is 24.2 Å². The molecule has 0 radical (unpaired) electrons. The lowest BCUT2D eigenvalue weighted by Gasteiger charge is -2.20. The van der Waals surface area contributed by atoms with Crippen molar-refractivity contribution in [1.82, 2.24) is 5.32 Å². The Hall–Kier alpha value is -1.08. The molecule has 1 saturated heterocycles. The molecule has 0 saturated carbocycles. The van der Waals surface area contributed by atoms with Crippen molar-refractivity contribution in [3.8, 4) is 6.07 Å². The lowest BCUT2D eigenvalue weighted by atomic mass is 9.88. The van der Waals surface area contributed by atoms with Crippen LogP contribution in [0, 0.1) is 23.2 Å². The molecule has 1 N–H and O–H groups in total. The minimum Gasteiger partial charge on any atom is -0.374 e. The van der Waals surface area contributed by atoms with E-state index in [-0.39, 0.29) is 36.0 Å². The largest absolute Gasteiger partial charge is 0.374 e. The normalized spacial score (nSPS) is 34.1. The molecular weight excluding hydrogens is 216 g/mol. The fraction of sp³-hybridized carbons (Fsp3) is 0.846. The Kier molecular flexibility index (Phi) is 4.95. The van der Waals surface area contributed by atoms with Crippen LogP contribution in [0.4, 0.5) is 0 Å². The van der Waals surface area contributed by atoms with Gasteiger partial charge in [-0.1, -0.05) is 20.3 Å². The smallest absolute Gasteiger partial charge is 0.227 e. The maximum atomic E-state index is 12.1. The van der Waals surface area contributed by atoms with Crippen LogP contribution in [0.3, 0.4) is 0 Å². The van der Waals surface area contributed by atoms with Crippen LogP contribution >= 0.6 is 0 Å². The van der Waals surface area contributed by atoms with Gasteiger partial charge < -0.3 is 10.1 Å². The predicted molar refractivity (Wildman–Crippen MR) is 65.1 cm³/mol. The Balaban J connectivity index is 2.61. The monoisotopic (exact) mass is 238 g/mol. The molecule has 4 nitrogen and oxygen atoms in total. The van der Waals surface area contributed by atoms with Crippen LogP contribution in [0.2, 0.25) is 0 Å². The Bertz CT molecular complexity index is 311. The van der Waals surface area contributed by atoms with E-state index < -0.39 is 0 Å². The topological polar surface area (TPSA) is 62.1 Å². The first-order valence-corrected chi connectivity index (χ1v) is 6.36. The number of nitrogens with one attached hydrogen (secondary N) is 1. The number of amides is 1. The minimum atomic E-state index is -0.372. The molecule has 96 valence electrons. The summed E-state index contributed by atoms with van der Waals surface area (Å²) in [5.74, 6) is 0.0121. The summed E-state index contributed by atoms with van der Waals surface area (Å²) in [5, 5.41) is 11.7. The van der Waals surface area contributed by atoms with Crippen molar-refractivity contribution in [3.63, 3.8) is 0 Å². The molecule has 1 amide bonds. The predicted octanol–water partition coefficient (Wildman–Crippen LogP) is 1.85. The van der Waals surface area contributed by atoms with E-state index >= 15 is 0 Å². The highest BCUT2D eigenvalue weighted by molar-refractivity contribution is 5.80. The standard InChI is InChI=1S/C13H22N2O2/c1-5-6-11(7-14)15-13(16)12-8(2)9(3)17-10(12)4/h8-12H,5-6H2,1-4H3,(H,15,16). The van der Waals surface area contributed by atoms with E-state index in [0.29, 0.717) is 6.42 Å². The van der Waals surface area contributed by atoms with Crippen molar-refractivity contribution in [3.05, 3.63) is 0 Å². The zero-order chi connectivity index (χ0) is 13.0. The van der Waals surface area contributed by atoms with Gasteiger partial charge in [0.15, 0.2) is 0 Å². The van der Waals surface area contributed by atoms with E-state index in [1.807, 2.05) is 27.7 Å². The number of carbonyl (C=O) groups is 1. The third kappa shape index (κ3) is 3.19. The zero-order valence-electron chi connectivity index (χ0n) is 11.1. The van der Waals surface area contributed by atoms with Gasteiger partial charge in [-0.3, -0.25) is 4.79 Å². The van der Waals surface area contributed by atoms with Crippen LogP contribution in [0.5, 0.6) is 0 Å². The lowest BCUT2D eigenvalue weighted by molar-refractivity contribution is -0.127. The van der Waals surface area contributed by atoms with Crippen LogP contribution < -0.4 is 5.32 Å². The molecular formula is C13H22N2O2. The highest BCUT2D eigenvalue weighted by atomic mass is 16.5. The van der Waals surface area contributed by atoms with Gasteiger partial charge in [0.05, 0.1) is 24.2 Å². The van der Waals surface area contributed by atoms with Crippen molar-refractivity contribution in [2.24, 2.45) is 11.8 Å². The van der Waals surface area contributed by atoms with Crippen LogP contribution in [0.1, 0.15) is 40.5 Å². The summed E-state index contributed by atoms with van der Waals surface area (Å²) in [6.07, 6.45) is 1.63. The first-order chi connectivity index (χ1) is 8.01. The molecule has 0 aliphatic carbocycles. The van der Waals surface area contributed by atoms with E-state index in [4.69, 9.17) is 10.00 Å². The Morgan fingerprint density at radius 2 is 2.06 bits per heavy atom. The minimum absolute atomic E-state index is 0.0469. The molecule has 1 heterocycles. The maximum absolute atomic E-state index is 12.1. The highest BCUT2D eigenvalue weighted by Gasteiger charge is 2.41. The van der Waals surface area contributed by atoms with E-state index in [1.54, 1.807) is 0 Å². The molecule has 17 heavy (non-hydrogen) atoms. The second-order valence-electron chi connectivity index (χ2n) is 4.91. The summed E-state index contributed by atoms with van der Waals surface area (Å²) in [6, 6.07) is 1.75. The molecule has 5 unspecified atom stereocenters. The van der Waals surface area contributed by atoms with Crippen molar-refractivity contribution < 1.29 is 9.53 Å². The summed E-state index contributed by atoms with van der Waals surface area (Å²) in [4.78, 5) is 12.1. The van der Waals surface area contributed by atoms with Crippen LogP contribution in [-0.2, 0) is 9.53 Å². The summed E-state index contributed by atoms with van der Waals surface area (Å²) in [5.41, 5.74) is 0. The number of hydrogen-bond donors (Lipinski definition) is 1. The summed E-state index contributed by atoms with van der Waals surface area (Å²) in [7, 11) is 0. The summed E-state index contributed by atoms with van der Waals surface area (Å²) < 4.78 is 5.64. The van der Waals surface area contributed by atoms with Crippen LogP contribution in [0.15, 0.2) is 0 Å². The highest BCUT2D eigenvalue weighted by Crippen LogP contribution is 2.32.